The topological polar surface area (TPSA) is 93.1 Å². The molecule has 0 spiro atoms. The van der Waals surface area contributed by atoms with E-state index < -0.39 is 21.9 Å². The first-order chi connectivity index (χ1) is 6.96. The standard InChI is InChI=1S/C2HCl3O3.C2HF3O3/c2*3-2(4,5)1(6)8-7/h2*7H. The van der Waals surface area contributed by atoms with Crippen molar-refractivity contribution in [3.8, 4) is 0 Å². The SMILES string of the molecule is O=C(OO)C(Cl)(Cl)Cl.O=C(OO)C(F)(F)F. The number of carbonyl (C=O) groups excluding carboxylic acids is 2. The molecule has 2 N–H and O–H groups in total. The van der Waals surface area contributed by atoms with Gasteiger partial charge in [-0.25, -0.2) is 9.59 Å². The van der Waals surface area contributed by atoms with Crippen LogP contribution in [0.1, 0.15) is 0 Å². The molecular weight excluding hydrogens is 307 g/mol. The number of hydrogen-bond acceptors (Lipinski definition) is 6. The molecule has 96 valence electrons. The second kappa shape index (κ2) is 6.97. The van der Waals surface area contributed by atoms with Crippen LogP contribution in [0.2, 0.25) is 0 Å². The molecule has 0 bridgehead atoms. The molecule has 0 aliphatic heterocycles. The molecule has 0 radical (unpaired) electrons. The fourth-order valence-corrected chi connectivity index (χ4v) is 0.207. The van der Waals surface area contributed by atoms with Crippen LogP contribution in [0.5, 0.6) is 0 Å². The lowest BCUT2D eigenvalue weighted by Crippen LogP contribution is -2.23. The Kier molecular flexibility index (Phi) is 7.79. The van der Waals surface area contributed by atoms with Crippen molar-refractivity contribution in [2.24, 2.45) is 0 Å². The fourth-order valence-electron chi connectivity index (χ4n) is 0.104. The molecule has 0 rings (SSSR count). The normalized spacial score (nSPS) is 11.0. The van der Waals surface area contributed by atoms with Crippen LogP contribution in [0.25, 0.3) is 0 Å². The molecule has 0 aliphatic carbocycles. The minimum absolute atomic E-state index is 1.32. The summed E-state index contributed by atoms with van der Waals surface area (Å²) in [5.74, 6) is -3.93. The van der Waals surface area contributed by atoms with E-state index in [0.717, 1.165) is 0 Å². The summed E-state index contributed by atoms with van der Waals surface area (Å²) in [5.41, 5.74) is 0. The third-order valence-corrected chi connectivity index (χ3v) is 1.09. The van der Waals surface area contributed by atoms with Crippen LogP contribution >= 0.6 is 34.8 Å². The first-order valence-electron chi connectivity index (χ1n) is 2.82. The van der Waals surface area contributed by atoms with E-state index in [1.54, 1.807) is 0 Å². The lowest BCUT2D eigenvalue weighted by molar-refractivity contribution is -0.272. The van der Waals surface area contributed by atoms with Crippen molar-refractivity contribution in [2.45, 2.75) is 9.97 Å². The molecule has 0 aromatic rings. The maximum atomic E-state index is 10.8. The lowest BCUT2D eigenvalue weighted by Gasteiger charge is -2.02. The largest absolute Gasteiger partial charge is 0.494 e. The van der Waals surface area contributed by atoms with Gasteiger partial charge in [-0.2, -0.15) is 23.7 Å². The van der Waals surface area contributed by atoms with E-state index in [4.69, 9.17) is 45.3 Å². The molecule has 0 saturated heterocycles. The fraction of sp³-hybridized carbons (Fsp3) is 0.500. The summed E-state index contributed by atoms with van der Waals surface area (Å²) < 4.78 is 30.3. The van der Waals surface area contributed by atoms with E-state index in [0.29, 0.717) is 0 Å². The van der Waals surface area contributed by atoms with Gasteiger partial charge in [-0.15, -0.1) is 0 Å². The summed E-state index contributed by atoms with van der Waals surface area (Å²) in [5, 5.41) is 14.7. The van der Waals surface area contributed by atoms with Gasteiger partial charge in [0.05, 0.1) is 0 Å². The molecule has 0 aromatic heterocycles. The third-order valence-electron chi connectivity index (χ3n) is 0.629. The van der Waals surface area contributed by atoms with Crippen molar-refractivity contribution in [3.05, 3.63) is 0 Å². The van der Waals surface area contributed by atoms with Crippen LogP contribution in [0, 0.1) is 0 Å². The molecule has 0 heterocycles. The van der Waals surface area contributed by atoms with Crippen LogP contribution in [-0.4, -0.2) is 32.4 Å². The van der Waals surface area contributed by atoms with Crippen LogP contribution in [0.4, 0.5) is 13.2 Å². The van der Waals surface area contributed by atoms with Gasteiger partial charge in [0, 0.05) is 0 Å². The van der Waals surface area contributed by atoms with Crippen molar-refractivity contribution in [1.82, 2.24) is 0 Å². The Morgan fingerprint density at radius 3 is 1.25 bits per heavy atom. The zero-order chi connectivity index (χ0) is 13.6. The van der Waals surface area contributed by atoms with Gasteiger partial charge in [0.25, 0.3) is 3.79 Å². The van der Waals surface area contributed by atoms with Crippen molar-refractivity contribution in [3.63, 3.8) is 0 Å². The van der Waals surface area contributed by atoms with Crippen molar-refractivity contribution in [1.29, 1.82) is 0 Å². The van der Waals surface area contributed by atoms with Gasteiger partial charge in [-0.3, -0.25) is 9.78 Å². The Balaban J connectivity index is 0. The van der Waals surface area contributed by atoms with Gasteiger partial charge in [-0.1, -0.05) is 34.8 Å². The quantitative estimate of drug-likeness (QED) is 0.403. The Morgan fingerprint density at radius 1 is 0.938 bits per heavy atom. The second-order valence-electron chi connectivity index (χ2n) is 1.75. The number of alkyl halides is 6. The van der Waals surface area contributed by atoms with Gasteiger partial charge in [0.2, 0.25) is 0 Å². The molecule has 0 atom stereocenters. The van der Waals surface area contributed by atoms with Crippen LogP contribution < -0.4 is 0 Å². The van der Waals surface area contributed by atoms with Crippen molar-refractivity contribution < 1.29 is 43.0 Å². The summed E-state index contributed by atoms with van der Waals surface area (Å²) in [6, 6.07) is 0. The van der Waals surface area contributed by atoms with E-state index in [-0.39, 0.29) is 0 Å². The van der Waals surface area contributed by atoms with E-state index in [1.807, 2.05) is 0 Å². The van der Waals surface area contributed by atoms with Crippen molar-refractivity contribution >= 4 is 46.7 Å². The number of halogens is 6. The highest BCUT2D eigenvalue weighted by molar-refractivity contribution is 6.75. The molecule has 0 unspecified atom stereocenters. The minimum Gasteiger partial charge on any atom is -0.296 e. The highest BCUT2D eigenvalue weighted by atomic mass is 35.6. The Morgan fingerprint density at radius 2 is 1.25 bits per heavy atom. The summed E-state index contributed by atoms with van der Waals surface area (Å²) in [7, 11) is 0. The summed E-state index contributed by atoms with van der Waals surface area (Å²) in [4.78, 5) is 24.6. The molecular formula is C4H2Cl3F3O6. The maximum Gasteiger partial charge on any atom is 0.494 e. The van der Waals surface area contributed by atoms with Crippen LogP contribution in [0.15, 0.2) is 0 Å². The molecule has 0 amide bonds. The second-order valence-corrected chi connectivity index (χ2v) is 4.03. The molecule has 0 fully saturated rings. The van der Waals surface area contributed by atoms with E-state index >= 15 is 0 Å². The number of rotatable bonds is 0. The van der Waals surface area contributed by atoms with Crippen LogP contribution in [-0.2, 0) is 19.4 Å². The van der Waals surface area contributed by atoms with Gasteiger partial charge in [0.1, 0.15) is 0 Å². The molecule has 6 nitrogen and oxygen atoms in total. The average molecular weight is 309 g/mol. The first kappa shape index (κ1) is 17.9. The molecule has 16 heavy (non-hydrogen) atoms. The molecule has 0 aliphatic rings. The van der Waals surface area contributed by atoms with E-state index in [9.17, 15) is 22.8 Å². The Hall–Kier alpha value is -0.480. The first-order valence-corrected chi connectivity index (χ1v) is 3.95. The molecule has 12 heteroatoms. The Bertz CT molecular complexity index is 222. The smallest absolute Gasteiger partial charge is 0.296 e. The van der Waals surface area contributed by atoms with E-state index in [2.05, 4.69) is 9.78 Å². The Labute approximate surface area is 100 Å². The molecule has 0 aromatic carbocycles. The van der Waals surface area contributed by atoms with Gasteiger partial charge >= 0.3 is 18.1 Å². The monoisotopic (exact) mass is 308 g/mol. The van der Waals surface area contributed by atoms with Gasteiger partial charge < -0.3 is 0 Å². The van der Waals surface area contributed by atoms with Gasteiger partial charge in [-0.05, 0) is 0 Å². The summed E-state index contributed by atoms with van der Waals surface area (Å²) in [6.45, 7) is 0. The summed E-state index contributed by atoms with van der Waals surface area (Å²) >= 11 is 14.6. The number of carbonyl (C=O) groups is 2. The van der Waals surface area contributed by atoms with Gasteiger partial charge in [0.15, 0.2) is 0 Å². The predicted molar refractivity (Wildman–Crippen MR) is 43.8 cm³/mol. The average Bonchev–Trinajstić information content (AvgIpc) is 2.13. The minimum atomic E-state index is -5.10. The zero-order valence-electron chi connectivity index (χ0n) is 6.80. The molecule has 0 saturated carbocycles. The van der Waals surface area contributed by atoms with Crippen molar-refractivity contribution in [2.75, 3.05) is 0 Å². The number of hydrogen-bond donors (Lipinski definition) is 2. The van der Waals surface area contributed by atoms with Crippen LogP contribution in [0.3, 0.4) is 0 Å². The third kappa shape index (κ3) is 8.80. The highest BCUT2D eigenvalue weighted by Gasteiger charge is 2.41. The highest BCUT2D eigenvalue weighted by Crippen LogP contribution is 2.26. The summed E-state index contributed by atoms with van der Waals surface area (Å²) in [6.07, 6.45) is -5.10. The zero-order valence-corrected chi connectivity index (χ0v) is 9.06. The van der Waals surface area contributed by atoms with E-state index in [1.165, 1.54) is 0 Å². The predicted octanol–water partition coefficient (Wildman–Crippen LogP) is 1.94. The lowest BCUT2D eigenvalue weighted by atomic mass is 10.7. The maximum absolute atomic E-state index is 10.8.